The monoisotopic (exact) mass is 344 g/mol. The molecule has 1 aromatic carbocycles. The number of aliphatic hydroxyl groups excluding tert-OH is 1. The Hall–Kier alpha value is -2.45. The minimum Gasteiger partial charge on any atom is -0.372 e. The molecule has 25 heavy (non-hydrogen) atoms. The highest BCUT2D eigenvalue weighted by Crippen LogP contribution is 2.31. The van der Waals surface area contributed by atoms with E-state index in [2.05, 4.69) is 15.5 Å². The Morgan fingerprint density at radius 3 is 2.48 bits per heavy atom. The molecule has 8 heteroatoms. The Balaban J connectivity index is 1.62. The van der Waals surface area contributed by atoms with Crippen molar-refractivity contribution < 1.29 is 19.5 Å². The number of anilines is 1. The number of piperazine rings is 1. The zero-order chi connectivity index (χ0) is 17.6. The third kappa shape index (κ3) is 2.67. The van der Waals surface area contributed by atoms with Crippen LogP contribution in [0.15, 0.2) is 18.2 Å². The molecule has 3 aliphatic heterocycles. The van der Waals surface area contributed by atoms with Crippen molar-refractivity contribution in [1.82, 2.24) is 15.5 Å². The molecule has 8 nitrogen and oxygen atoms in total. The lowest BCUT2D eigenvalue weighted by Gasteiger charge is -2.33. The van der Waals surface area contributed by atoms with Gasteiger partial charge in [0.25, 0.3) is 11.8 Å². The van der Waals surface area contributed by atoms with Crippen LogP contribution in [0.3, 0.4) is 0 Å². The predicted octanol–water partition coefficient (Wildman–Crippen LogP) is -0.711. The first kappa shape index (κ1) is 16.0. The second-order valence-corrected chi connectivity index (χ2v) is 6.57. The van der Waals surface area contributed by atoms with E-state index < -0.39 is 24.1 Å². The number of nitrogens with zero attached hydrogens (tertiary/aromatic N) is 2. The van der Waals surface area contributed by atoms with Gasteiger partial charge in [0.2, 0.25) is 5.91 Å². The zero-order valence-corrected chi connectivity index (χ0v) is 13.7. The summed E-state index contributed by atoms with van der Waals surface area (Å²) in [5, 5.41) is 15.7. The molecule has 2 fully saturated rings. The SMILES string of the molecule is O=C1CCC(N2C(=O)c3ccc(N4CCNCC4)cc3C2=O)C(O)N1. The lowest BCUT2D eigenvalue weighted by molar-refractivity contribution is -0.129. The highest BCUT2D eigenvalue weighted by Gasteiger charge is 2.44. The molecule has 2 saturated heterocycles. The average molecular weight is 344 g/mol. The maximum absolute atomic E-state index is 12.8. The fourth-order valence-electron chi connectivity index (χ4n) is 3.71. The molecule has 0 radical (unpaired) electrons. The van der Waals surface area contributed by atoms with Gasteiger partial charge in [-0.1, -0.05) is 0 Å². The number of imide groups is 1. The van der Waals surface area contributed by atoms with Crippen LogP contribution in [0.4, 0.5) is 5.69 Å². The largest absolute Gasteiger partial charge is 0.372 e. The smallest absolute Gasteiger partial charge is 0.262 e. The van der Waals surface area contributed by atoms with Crippen molar-refractivity contribution in [1.29, 1.82) is 0 Å². The standard InChI is InChI=1S/C17H20N4O4/c22-14-4-3-13(15(23)19-14)21-16(24)11-2-1-10(9-12(11)17(21)25)20-7-5-18-6-8-20/h1-2,9,13,15,18,23H,3-8H2,(H,19,22). The lowest BCUT2D eigenvalue weighted by Crippen LogP contribution is -2.57. The molecular weight excluding hydrogens is 324 g/mol. The second-order valence-electron chi connectivity index (χ2n) is 6.57. The molecule has 0 aromatic heterocycles. The number of piperidine rings is 1. The summed E-state index contributed by atoms with van der Waals surface area (Å²) in [6.45, 7) is 3.45. The number of rotatable bonds is 2. The summed E-state index contributed by atoms with van der Waals surface area (Å²) in [6, 6.07) is 4.57. The Bertz CT molecular complexity index is 744. The van der Waals surface area contributed by atoms with E-state index in [9.17, 15) is 19.5 Å². The molecule has 3 N–H and O–H groups in total. The van der Waals surface area contributed by atoms with E-state index in [4.69, 9.17) is 0 Å². The number of carbonyl (C=O) groups excluding carboxylic acids is 3. The van der Waals surface area contributed by atoms with Crippen molar-refractivity contribution in [2.45, 2.75) is 25.1 Å². The van der Waals surface area contributed by atoms with E-state index in [1.807, 2.05) is 6.07 Å². The maximum atomic E-state index is 12.8. The van der Waals surface area contributed by atoms with Gasteiger partial charge in [0.1, 0.15) is 6.23 Å². The number of amides is 3. The molecule has 0 saturated carbocycles. The van der Waals surface area contributed by atoms with E-state index in [1.54, 1.807) is 12.1 Å². The molecule has 3 heterocycles. The molecule has 132 valence electrons. The third-order valence-corrected chi connectivity index (χ3v) is 5.06. The minimum absolute atomic E-state index is 0.182. The molecule has 0 aliphatic carbocycles. The summed E-state index contributed by atoms with van der Waals surface area (Å²) in [4.78, 5) is 40.1. The molecule has 0 spiro atoms. The first-order valence-corrected chi connectivity index (χ1v) is 8.51. The summed E-state index contributed by atoms with van der Waals surface area (Å²) in [7, 11) is 0. The first-order valence-electron chi connectivity index (χ1n) is 8.51. The highest BCUT2D eigenvalue weighted by atomic mass is 16.3. The van der Waals surface area contributed by atoms with Gasteiger partial charge in [-0.3, -0.25) is 19.3 Å². The average Bonchev–Trinajstić information content (AvgIpc) is 2.87. The third-order valence-electron chi connectivity index (χ3n) is 5.06. The molecule has 2 unspecified atom stereocenters. The Morgan fingerprint density at radius 1 is 1.04 bits per heavy atom. The summed E-state index contributed by atoms with van der Waals surface area (Å²) >= 11 is 0. The van der Waals surface area contributed by atoms with Crippen molar-refractivity contribution >= 4 is 23.4 Å². The van der Waals surface area contributed by atoms with Crippen LogP contribution in [0.1, 0.15) is 33.6 Å². The van der Waals surface area contributed by atoms with Crippen molar-refractivity contribution in [3.05, 3.63) is 29.3 Å². The quantitative estimate of drug-likeness (QED) is 0.613. The number of hydrogen-bond acceptors (Lipinski definition) is 6. The van der Waals surface area contributed by atoms with E-state index in [0.717, 1.165) is 36.8 Å². The van der Waals surface area contributed by atoms with Crippen molar-refractivity contribution in [3.63, 3.8) is 0 Å². The molecule has 4 rings (SSSR count). The van der Waals surface area contributed by atoms with Gasteiger partial charge in [-0.15, -0.1) is 0 Å². The van der Waals surface area contributed by atoms with Gasteiger partial charge in [-0.2, -0.15) is 0 Å². The number of carbonyl (C=O) groups is 3. The van der Waals surface area contributed by atoms with Crippen LogP contribution in [-0.4, -0.2) is 66.2 Å². The lowest BCUT2D eigenvalue weighted by atomic mass is 10.0. The minimum atomic E-state index is -1.23. The number of hydrogen-bond donors (Lipinski definition) is 3. The van der Waals surface area contributed by atoms with E-state index >= 15 is 0 Å². The Morgan fingerprint density at radius 2 is 1.76 bits per heavy atom. The van der Waals surface area contributed by atoms with E-state index in [0.29, 0.717) is 11.1 Å². The number of benzene rings is 1. The van der Waals surface area contributed by atoms with Crippen LogP contribution in [-0.2, 0) is 4.79 Å². The van der Waals surface area contributed by atoms with Gasteiger partial charge in [-0.05, 0) is 24.6 Å². The van der Waals surface area contributed by atoms with Crippen LogP contribution in [0.25, 0.3) is 0 Å². The summed E-state index contributed by atoms with van der Waals surface area (Å²) in [5.41, 5.74) is 1.64. The van der Waals surface area contributed by atoms with Gasteiger partial charge >= 0.3 is 0 Å². The molecular formula is C17H20N4O4. The number of aliphatic hydroxyl groups is 1. The topological polar surface area (TPSA) is 102 Å². The van der Waals surface area contributed by atoms with Crippen LogP contribution >= 0.6 is 0 Å². The first-order chi connectivity index (χ1) is 12.1. The van der Waals surface area contributed by atoms with Crippen LogP contribution < -0.4 is 15.5 Å². The molecule has 0 bridgehead atoms. The molecule has 1 aromatic rings. The zero-order valence-electron chi connectivity index (χ0n) is 13.7. The van der Waals surface area contributed by atoms with Gasteiger partial charge in [0.15, 0.2) is 0 Å². The fraction of sp³-hybridized carbons (Fsp3) is 0.471. The van der Waals surface area contributed by atoms with Gasteiger partial charge in [-0.25, -0.2) is 0 Å². The normalized spacial score (nSPS) is 26.7. The van der Waals surface area contributed by atoms with Gasteiger partial charge in [0.05, 0.1) is 17.2 Å². The number of fused-ring (bicyclic) bond motifs is 1. The van der Waals surface area contributed by atoms with Crippen LogP contribution in [0.5, 0.6) is 0 Å². The van der Waals surface area contributed by atoms with Crippen molar-refractivity contribution in [2.24, 2.45) is 0 Å². The molecule has 3 aliphatic rings. The van der Waals surface area contributed by atoms with Gasteiger partial charge < -0.3 is 20.6 Å². The Labute approximate surface area is 144 Å². The predicted molar refractivity (Wildman–Crippen MR) is 89.2 cm³/mol. The molecule has 2 atom stereocenters. The van der Waals surface area contributed by atoms with E-state index in [-0.39, 0.29) is 18.7 Å². The Kier molecular flexibility index (Phi) is 3.93. The van der Waals surface area contributed by atoms with Crippen molar-refractivity contribution in [3.8, 4) is 0 Å². The summed E-state index contributed by atoms with van der Waals surface area (Å²) in [5.74, 6) is -1.09. The summed E-state index contributed by atoms with van der Waals surface area (Å²) in [6.07, 6.45) is -0.777. The number of nitrogens with one attached hydrogen (secondary N) is 2. The van der Waals surface area contributed by atoms with E-state index in [1.165, 1.54) is 0 Å². The summed E-state index contributed by atoms with van der Waals surface area (Å²) < 4.78 is 0. The maximum Gasteiger partial charge on any atom is 0.262 e. The second kappa shape index (κ2) is 6.12. The molecule has 3 amide bonds. The van der Waals surface area contributed by atoms with Gasteiger partial charge in [0, 0.05) is 38.3 Å². The van der Waals surface area contributed by atoms with Crippen LogP contribution in [0.2, 0.25) is 0 Å². The fourth-order valence-corrected chi connectivity index (χ4v) is 3.71. The van der Waals surface area contributed by atoms with Crippen molar-refractivity contribution in [2.75, 3.05) is 31.1 Å². The highest BCUT2D eigenvalue weighted by molar-refractivity contribution is 6.22. The van der Waals surface area contributed by atoms with Crippen LogP contribution in [0, 0.1) is 0 Å².